The minimum absolute atomic E-state index is 0.0283. The summed E-state index contributed by atoms with van der Waals surface area (Å²) in [6.45, 7) is 3.56. The van der Waals surface area contributed by atoms with Gasteiger partial charge in [0.2, 0.25) is 5.91 Å². The maximum absolute atomic E-state index is 12.1. The molecule has 0 radical (unpaired) electrons. The molecule has 1 saturated heterocycles. The molecule has 0 saturated carbocycles. The molecule has 0 unspecified atom stereocenters. The quantitative estimate of drug-likeness (QED) is 0.809. The van der Waals surface area contributed by atoms with Crippen LogP contribution in [0.25, 0.3) is 0 Å². The summed E-state index contributed by atoms with van der Waals surface area (Å²) < 4.78 is 27.9. The molecular formula is C15H22N2O4S. The van der Waals surface area contributed by atoms with Gasteiger partial charge in [-0.05, 0) is 18.1 Å². The first-order valence-corrected chi connectivity index (χ1v) is 9.29. The summed E-state index contributed by atoms with van der Waals surface area (Å²) in [6.07, 6.45) is 1.06. The van der Waals surface area contributed by atoms with Crippen molar-refractivity contribution in [1.82, 2.24) is 10.6 Å². The van der Waals surface area contributed by atoms with Gasteiger partial charge in [0, 0.05) is 19.3 Å². The zero-order chi connectivity index (χ0) is 16.2. The van der Waals surface area contributed by atoms with Crippen LogP contribution >= 0.6 is 0 Å². The predicted octanol–water partition coefficient (Wildman–Crippen LogP) is 0.224. The molecule has 1 amide bonds. The molecule has 122 valence electrons. The van der Waals surface area contributed by atoms with E-state index in [2.05, 4.69) is 10.6 Å². The van der Waals surface area contributed by atoms with Gasteiger partial charge in [-0.3, -0.25) is 4.79 Å². The minimum atomic E-state index is -3.03. The van der Waals surface area contributed by atoms with Crippen LogP contribution in [-0.4, -0.2) is 45.9 Å². The highest BCUT2D eigenvalue weighted by atomic mass is 32.2. The number of hydrogen-bond donors (Lipinski definition) is 2. The van der Waals surface area contributed by atoms with Crippen molar-refractivity contribution in [3.8, 4) is 0 Å². The van der Waals surface area contributed by atoms with E-state index in [1.54, 1.807) is 12.1 Å². The Morgan fingerprint density at radius 2 is 1.95 bits per heavy atom. The number of carbonyl (C=O) groups is 1. The smallest absolute Gasteiger partial charge is 0.240 e. The lowest BCUT2D eigenvalue weighted by Crippen LogP contribution is -2.55. The molecule has 0 bridgehead atoms. The highest BCUT2D eigenvalue weighted by Crippen LogP contribution is 2.09. The monoisotopic (exact) mass is 326 g/mol. The van der Waals surface area contributed by atoms with E-state index in [0.717, 1.165) is 11.1 Å². The molecule has 7 heteroatoms. The third-order valence-corrected chi connectivity index (χ3v) is 4.38. The van der Waals surface area contributed by atoms with Crippen LogP contribution in [-0.2, 0) is 31.7 Å². The van der Waals surface area contributed by atoms with E-state index in [-0.39, 0.29) is 23.8 Å². The maximum Gasteiger partial charge on any atom is 0.240 e. The van der Waals surface area contributed by atoms with Gasteiger partial charge in [-0.2, -0.15) is 0 Å². The fourth-order valence-electron chi connectivity index (χ4n) is 2.38. The predicted molar refractivity (Wildman–Crippen MR) is 84.0 cm³/mol. The van der Waals surface area contributed by atoms with Crippen molar-refractivity contribution in [2.45, 2.75) is 31.4 Å². The molecule has 0 spiro atoms. The third-order valence-electron chi connectivity index (χ3n) is 3.52. The van der Waals surface area contributed by atoms with Gasteiger partial charge in [0.1, 0.15) is 6.04 Å². The molecule has 0 aliphatic carbocycles. The van der Waals surface area contributed by atoms with Crippen LogP contribution < -0.4 is 10.6 Å². The Morgan fingerprint density at radius 1 is 1.32 bits per heavy atom. The van der Waals surface area contributed by atoms with Crippen LogP contribution in [0.5, 0.6) is 0 Å². The van der Waals surface area contributed by atoms with Crippen LogP contribution in [0.1, 0.15) is 18.1 Å². The lowest BCUT2D eigenvalue weighted by atomic mass is 10.1. The Hall–Kier alpha value is -1.44. The van der Waals surface area contributed by atoms with Crippen LogP contribution in [0.4, 0.5) is 0 Å². The van der Waals surface area contributed by atoms with Crippen molar-refractivity contribution in [1.29, 1.82) is 0 Å². The van der Waals surface area contributed by atoms with Crippen molar-refractivity contribution < 1.29 is 17.9 Å². The van der Waals surface area contributed by atoms with Gasteiger partial charge in [-0.25, -0.2) is 8.42 Å². The van der Waals surface area contributed by atoms with Gasteiger partial charge in [0.15, 0.2) is 9.84 Å². The van der Waals surface area contributed by atoms with E-state index in [4.69, 9.17) is 4.74 Å². The van der Waals surface area contributed by atoms with Crippen LogP contribution in [0, 0.1) is 0 Å². The van der Waals surface area contributed by atoms with Gasteiger partial charge in [-0.1, -0.05) is 24.3 Å². The topological polar surface area (TPSA) is 84.5 Å². The first kappa shape index (κ1) is 16.9. The standard InChI is InChI=1S/C15H22N2O4S/c1-11-14(16-7-8-21-11)15(18)17-9-12-3-5-13(6-4-12)10-22(2,19)20/h3-6,11,14,16H,7-10H2,1-2H3,(H,17,18)/t11-,14+/m1/s1. The van der Waals surface area contributed by atoms with Crippen LogP contribution in [0.15, 0.2) is 24.3 Å². The number of hydrogen-bond acceptors (Lipinski definition) is 5. The molecule has 0 aromatic heterocycles. The summed E-state index contributed by atoms with van der Waals surface area (Å²) in [4.78, 5) is 12.1. The molecule has 2 atom stereocenters. The Morgan fingerprint density at radius 3 is 2.55 bits per heavy atom. The first-order chi connectivity index (χ1) is 10.3. The summed E-state index contributed by atoms with van der Waals surface area (Å²) in [6, 6.07) is 6.86. The van der Waals surface area contributed by atoms with E-state index in [1.807, 2.05) is 19.1 Å². The van der Waals surface area contributed by atoms with Gasteiger partial charge < -0.3 is 15.4 Å². The first-order valence-electron chi connectivity index (χ1n) is 7.23. The summed E-state index contributed by atoms with van der Waals surface area (Å²) in [5, 5.41) is 6.00. The van der Waals surface area contributed by atoms with E-state index in [1.165, 1.54) is 6.26 Å². The number of sulfone groups is 1. The summed E-state index contributed by atoms with van der Waals surface area (Å²) in [5.41, 5.74) is 1.67. The molecule has 1 aromatic carbocycles. The Bertz CT molecular complexity index is 613. The van der Waals surface area contributed by atoms with E-state index in [9.17, 15) is 13.2 Å². The van der Waals surface area contributed by atoms with Gasteiger partial charge in [0.05, 0.1) is 18.5 Å². The molecular weight excluding hydrogens is 304 g/mol. The van der Waals surface area contributed by atoms with Gasteiger partial charge >= 0.3 is 0 Å². The van der Waals surface area contributed by atoms with Crippen molar-refractivity contribution in [2.24, 2.45) is 0 Å². The zero-order valence-electron chi connectivity index (χ0n) is 12.8. The number of rotatable bonds is 5. The second-order valence-electron chi connectivity index (χ2n) is 5.61. The molecule has 6 nitrogen and oxygen atoms in total. The van der Waals surface area contributed by atoms with Gasteiger partial charge in [-0.15, -0.1) is 0 Å². The second-order valence-corrected chi connectivity index (χ2v) is 7.75. The average Bonchev–Trinajstić information content (AvgIpc) is 2.45. The molecule has 1 aliphatic rings. The van der Waals surface area contributed by atoms with E-state index < -0.39 is 9.84 Å². The summed E-state index contributed by atoms with van der Waals surface area (Å²) >= 11 is 0. The molecule has 1 aliphatic heterocycles. The SMILES string of the molecule is C[C@H]1OCCN[C@@H]1C(=O)NCc1ccc(CS(C)(=O)=O)cc1. The summed E-state index contributed by atoms with van der Waals surface area (Å²) in [7, 11) is -3.03. The van der Waals surface area contributed by atoms with Crippen LogP contribution in [0.2, 0.25) is 0 Å². The van der Waals surface area contributed by atoms with E-state index >= 15 is 0 Å². The second kappa shape index (κ2) is 7.21. The van der Waals surface area contributed by atoms with E-state index in [0.29, 0.717) is 19.7 Å². The molecule has 2 N–H and O–H groups in total. The zero-order valence-corrected chi connectivity index (χ0v) is 13.7. The van der Waals surface area contributed by atoms with Gasteiger partial charge in [0.25, 0.3) is 0 Å². The third kappa shape index (κ3) is 5.08. The Kier molecular flexibility index (Phi) is 5.55. The average molecular weight is 326 g/mol. The fourth-order valence-corrected chi connectivity index (χ4v) is 3.18. The number of carbonyl (C=O) groups excluding carboxylic acids is 1. The lowest BCUT2D eigenvalue weighted by molar-refractivity contribution is -0.129. The largest absolute Gasteiger partial charge is 0.375 e. The molecule has 2 rings (SSSR count). The number of morpholine rings is 1. The molecule has 1 heterocycles. The van der Waals surface area contributed by atoms with Crippen molar-refractivity contribution >= 4 is 15.7 Å². The lowest BCUT2D eigenvalue weighted by Gasteiger charge is -2.29. The molecule has 1 aromatic rings. The minimum Gasteiger partial charge on any atom is -0.375 e. The molecule has 1 fully saturated rings. The normalized spacial score (nSPS) is 22.3. The Balaban J connectivity index is 1.87. The molecule has 22 heavy (non-hydrogen) atoms. The highest BCUT2D eigenvalue weighted by molar-refractivity contribution is 7.89. The fraction of sp³-hybridized carbons (Fsp3) is 0.533. The van der Waals surface area contributed by atoms with Crippen molar-refractivity contribution in [3.05, 3.63) is 35.4 Å². The number of ether oxygens (including phenoxy) is 1. The number of nitrogens with one attached hydrogen (secondary N) is 2. The number of amides is 1. The Labute approximate surface area is 131 Å². The maximum atomic E-state index is 12.1. The van der Waals surface area contributed by atoms with Crippen molar-refractivity contribution in [3.63, 3.8) is 0 Å². The summed E-state index contributed by atoms with van der Waals surface area (Å²) in [5.74, 6) is -0.0621. The van der Waals surface area contributed by atoms with Crippen molar-refractivity contribution in [2.75, 3.05) is 19.4 Å². The van der Waals surface area contributed by atoms with Crippen LogP contribution in [0.3, 0.4) is 0 Å². The highest BCUT2D eigenvalue weighted by Gasteiger charge is 2.27. The number of benzene rings is 1.